The second-order valence-electron chi connectivity index (χ2n) is 5.02. The number of piperazine rings is 1. The SMILES string of the molecule is CC1C(=O)NC(C)(C)C(=O)N1C1CCOC1. The van der Waals surface area contributed by atoms with Crippen molar-refractivity contribution in [1.29, 1.82) is 0 Å². The Balaban J connectivity index is 2.25. The number of hydrogen-bond donors (Lipinski definition) is 1. The van der Waals surface area contributed by atoms with Gasteiger partial charge < -0.3 is 15.0 Å². The van der Waals surface area contributed by atoms with Crippen molar-refractivity contribution in [3.05, 3.63) is 0 Å². The molecular weight excluding hydrogens is 208 g/mol. The average Bonchev–Trinajstić information content (AvgIpc) is 2.68. The van der Waals surface area contributed by atoms with Crippen molar-refractivity contribution < 1.29 is 14.3 Å². The summed E-state index contributed by atoms with van der Waals surface area (Å²) >= 11 is 0. The van der Waals surface area contributed by atoms with Crippen LogP contribution in [-0.2, 0) is 14.3 Å². The molecule has 2 fully saturated rings. The highest BCUT2D eigenvalue weighted by Crippen LogP contribution is 2.24. The molecule has 0 aromatic heterocycles. The van der Waals surface area contributed by atoms with Gasteiger partial charge in [0.25, 0.3) is 0 Å². The quantitative estimate of drug-likeness (QED) is 0.679. The van der Waals surface area contributed by atoms with Gasteiger partial charge in [0.1, 0.15) is 11.6 Å². The highest BCUT2D eigenvalue weighted by Gasteiger charge is 2.46. The topological polar surface area (TPSA) is 58.6 Å². The second-order valence-corrected chi connectivity index (χ2v) is 5.02. The van der Waals surface area contributed by atoms with Crippen molar-refractivity contribution in [3.8, 4) is 0 Å². The molecule has 0 spiro atoms. The Morgan fingerprint density at radius 1 is 1.44 bits per heavy atom. The van der Waals surface area contributed by atoms with E-state index in [1.165, 1.54) is 0 Å². The number of ether oxygens (including phenoxy) is 1. The molecule has 2 heterocycles. The van der Waals surface area contributed by atoms with Crippen LogP contribution in [0.5, 0.6) is 0 Å². The van der Waals surface area contributed by atoms with E-state index in [9.17, 15) is 9.59 Å². The minimum absolute atomic E-state index is 0.0184. The molecule has 2 atom stereocenters. The van der Waals surface area contributed by atoms with Crippen LogP contribution in [0.25, 0.3) is 0 Å². The van der Waals surface area contributed by atoms with E-state index in [1.807, 2.05) is 0 Å². The molecule has 90 valence electrons. The summed E-state index contributed by atoms with van der Waals surface area (Å²) in [7, 11) is 0. The third-order valence-corrected chi connectivity index (χ3v) is 3.30. The lowest BCUT2D eigenvalue weighted by atomic mass is 9.95. The molecule has 0 radical (unpaired) electrons. The molecule has 2 saturated heterocycles. The van der Waals surface area contributed by atoms with Gasteiger partial charge in [0.05, 0.1) is 12.6 Å². The van der Waals surface area contributed by atoms with E-state index < -0.39 is 11.6 Å². The first-order valence-corrected chi connectivity index (χ1v) is 5.66. The zero-order valence-electron chi connectivity index (χ0n) is 9.95. The maximum absolute atomic E-state index is 12.2. The molecule has 2 amide bonds. The van der Waals surface area contributed by atoms with Gasteiger partial charge in [0.2, 0.25) is 11.8 Å². The molecule has 0 bridgehead atoms. The van der Waals surface area contributed by atoms with Gasteiger partial charge in [-0.2, -0.15) is 0 Å². The summed E-state index contributed by atoms with van der Waals surface area (Å²) in [6.45, 7) is 6.45. The van der Waals surface area contributed by atoms with E-state index in [-0.39, 0.29) is 17.9 Å². The lowest BCUT2D eigenvalue weighted by Crippen LogP contribution is -2.69. The highest BCUT2D eigenvalue weighted by molar-refractivity contribution is 5.99. The molecule has 0 aromatic rings. The molecule has 0 aliphatic carbocycles. The van der Waals surface area contributed by atoms with Crippen molar-refractivity contribution >= 4 is 11.8 Å². The van der Waals surface area contributed by atoms with Gasteiger partial charge >= 0.3 is 0 Å². The maximum atomic E-state index is 12.2. The summed E-state index contributed by atoms with van der Waals surface area (Å²) in [6, 6.07) is -0.347. The Kier molecular flexibility index (Phi) is 2.66. The summed E-state index contributed by atoms with van der Waals surface area (Å²) in [4.78, 5) is 25.7. The fourth-order valence-electron chi connectivity index (χ4n) is 2.31. The Hall–Kier alpha value is -1.10. The summed E-state index contributed by atoms with van der Waals surface area (Å²) in [5.41, 5.74) is -0.799. The van der Waals surface area contributed by atoms with Crippen LogP contribution < -0.4 is 5.32 Å². The van der Waals surface area contributed by atoms with Crippen molar-refractivity contribution in [2.75, 3.05) is 13.2 Å². The van der Waals surface area contributed by atoms with Gasteiger partial charge in [-0.3, -0.25) is 9.59 Å². The van der Waals surface area contributed by atoms with E-state index in [4.69, 9.17) is 4.74 Å². The summed E-state index contributed by atoms with van der Waals surface area (Å²) in [5, 5.41) is 2.74. The normalized spacial score (nSPS) is 34.1. The van der Waals surface area contributed by atoms with Crippen molar-refractivity contribution in [1.82, 2.24) is 10.2 Å². The highest BCUT2D eigenvalue weighted by atomic mass is 16.5. The van der Waals surface area contributed by atoms with Crippen LogP contribution in [0.4, 0.5) is 0 Å². The Morgan fingerprint density at radius 3 is 2.69 bits per heavy atom. The number of nitrogens with one attached hydrogen (secondary N) is 1. The lowest BCUT2D eigenvalue weighted by Gasteiger charge is -2.44. The van der Waals surface area contributed by atoms with Crippen LogP contribution in [0.15, 0.2) is 0 Å². The zero-order chi connectivity index (χ0) is 11.9. The molecular formula is C11H18N2O3. The van der Waals surface area contributed by atoms with Gasteiger partial charge in [-0.1, -0.05) is 0 Å². The van der Waals surface area contributed by atoms with Gasteiger partial charge in [0, 0.05) is 6.61 Å². The Bertz CT molecular complexity index is 321. The van der Waals surface area contributed by atoms with E-state index in [0.29, 0.717) is 13.2 Å². The molecule has 0 aromatic carbocycles. The van der Waals surface area contributed by atoms with Crippen LogP contribution in [0.2, 0.25) is 0 Å². The van der Waals surface area contributed by atoms with Gasteiger partial charge in [-0.15, -0.1) is 0 Å². The summed E-state index contributed by atoms with van der Waals surface area (Å²) in [5.74, 6) is -0.105. The summed E-state index contributed by atoms with van der Waals surface area (Å²) in [6.07, 6.45) is 0.819. The smallest absolute Gasteiger partial charge is 0.248 e. The largest absolute Gasteiger partial charge is 0.379 e. The van der Waals surface area contributed by atoms with Crippen LogP contribution >= 0.6 is 0 Å². The number of amides is 2. The van der Waals surface area contributed by atoms with E-state index >= 15 is 0 Å². The predicted octanol–water partition coefficient (Wildman–Crippen LogP) is -0.0992. The number of nitrogens with zero attached hydrogens (tertiary/aromatic N) is 1. The molecule has 5 heteroatoms. The van der Waals surface area contributed by atoms with Crippen LogP contribution in [0.1, 0.15) is 27.2 Å². The van der Waals surface area contributed by atoms with Crippen molar-refractivity contribution in [3.63, 3.8) is 0 Å². The number of rotatable bonds is 1. The minimum Gasteiger partial charge on any atom is -0.379 e. The Labute approximate surface area is 95.1 Å². The molecule has 16 heavy (non-hydrogen) atoms. The molecule has 0 saturated carbocycles. The number of carbonyl (C=O) groups is 2. The minimum atomic E-state index is -0.799. The molecule has 2 aliphatic rings. The van der Waals surface area contributed by atoms with Crippen molar-refractivity contribution in [2.24, 2.45) is 0 Å². The molecule has 2 unspecified atom stereocenters. The van der Waals surface area contributed by atoms with Gasteiger partial charge in [0.15, 0.2) is 0 Å². The third kappa shape index (κ3) is 1.69. The zero-order valence-corrected chi connectivity index (χ0v) is 9.95. The monoisotopic (exact) mass is 226 g/mol. The second kappa shape index (κ2) is 3.73. The predicted molar refractivity (Wildman–Crippen MR) is 57.8 cm³/mol. The standard InChI is InChI=1S/C11H18N2O3/c1-7-9(14)12-11(2,3)10(15)13(7)8-4-5-16-6-8/h7-8H,4-6H2,1-3H3,(H,12,14). The number of hydrogen-bond acceptors (Lipinski definition) is 3. The molecule has 5 nitrogen and oxygen atoms in total. The van der Waals surface area contributed by atoms with Crippen LogP contribution in [0, 0.1) is 0 Å². The fraction of sp³-hybridized carbons (Fsp3) is 0.818. The van der Waals surface area contributed by atoms with Gasteiger partial charge in [-0.25, -0.2) is 0 Å². The lowest BCUT2D eigenvalue weighted by molar-refractivity contribution is -0.155. The first-order chi connectivity index (χ1) is 7.43. The molecule has 2 rings (SSSR count). The average molecular weight is 226 g/mol. The van der Waals surface area contributed by atoms with E-state index in [2.05, 4.69) is 5.32 Å². The van der Waals surface area contributed by atoms with Crippen LogP contribution in [-0.4, -0.2) is 47.6 Å². The fourth-order valence-corrected chi connectivity index (χ4v) is 2.31. The van der Waals surface area contributed by atoms with Gasteiger partial charge in [-0.05, 0) is 27.2 Å². The van der Waals surface area contributed by atoms with Crippen molar-refractivity contribution in [2.45, 2.75) is 44.8 Å². The molecule has 2 aliphatic heterocycles. The van der Waals surface area contributed by atoms with Crippen LogP contribution in [0.3, 0.4) is 0 Å². The maximum Gasteiger partial charge on any atom is 0.248 e. The molecule has 1 N–H and O–H groups in total. The van der Waals surface area contributed by atoms with E-state index in [0.717, 1.165) is 6.42 Å². The van der Waals surface area contributed by atoms with E-state index in [1.54, 1.807) is 25.7 Å². The number of carbonyl (C=O) groups excluding carboxylic acids is 2. The third-order valence-electron chi connectivity index (χ3n) is 3.30. The first kappa shape index (κ1) is 11.4. The summed E-state index contributed by atoms with van der Waals surface area (Å²) < 4.78 is 5.28. The Morgan fingerprint density at radius 2 is 2.12 bits per heavy atom. The first-order valence-electron chi connectivity index (χ1n) is 5.66.